The molecule has 3 aromatic rings. The third-order valence-corrected chi connectivity index (χ3v) is 8.68. The summed E-state index contributed by atoms with van der Waals surface area (Å²) in [6.07, 6.45) is 2.28. The molecule has 5 nitrogen and oxygen atoms in total. The van der Waals surface area contributed by atoms with E-state index >= 15 is 0 Å². The number of aromatic nitrogens is 2. The van der Waals surface area contributed by atoms with Gasteiger partial charge in [0.15, 0.2) is 10.1 Å². The van der Waals surface area contributed by atoms with E-state index in [2.05, 4.69) is 10.2 Å². The molecule has 1 aliphatic carbocycles. The SMILES string of the molecule is O=C1CCCC2=C1C(c1ccsc1)CC(=O)N2c1nnc(SCc2ccccc2Cl)s1. The predicted octanol–water partition coefficient (Wildman–Crippen LogP) is 6.07. The van der Waals surface area contributed by atoms with Gasteiger partial charge in [0.05, 0.1) is 0 Å². The molecular weight excluding hydrogens is 470 g/mol. The summed E-state index contributed by atoms with van der Waals surface area (Å²) in [4.78, 5) is 27.7. The molecular formula is C22H18ClN3O2S3. The van der Waals surface area contributed by atoms with E-state index < -0.39 is 0 Å². The molecule has 0 N–H and O–H groups in total. The molecule has 1 atom stereocenters. The summed E-state index contributed by atoms with van der Waals surface area (Å²) in [5, 5.41) is 13.9. The van der Waals surface area contributed by atoms with Crippen LogP contribution in [0.25, 0.3) is 0 Å². The quantitative estimate of drug-likeness (QED) is 0.322. The highest BCUT2D eigenvalue weighted by Crippen LogP contribution is 2.45. The largest absolute Gasteiger partial charge is 0.294 e. The van der Waals surface area contributed by atoms with Crippen molar-refractivity contribution in [3.05, 3.63) is 68.5 Å². The molecule has 0 radical (unpaired) electrons. The fraction of sp³-hybridized carbons (Fsp3) is 0.273. The third-order valence-electron chi connectivity index (χ3n) is 5.52. The van der Waals surface area contributed by atoms with Crippen molar-refractivity contribution >= 4 is 62.9 Å². The zero-order valence-electron chi connectivity index (χ0n) is 16.4. The number of Topliss-reactive ketones (excluding diaryl/α,β-unsaturated/α-hetero) is 1. The van der Waals surface area contributed by atoms with Crippen molar-refractivity contribution in [3.63, 3.8) is 0 Å². The zero-order chi connectivity index (χ0) is 21.4. The van der Waals surface area contributed by atoms with E-state index in [1.54, 1.807) is 28.0 Å². The number of rotatable bonds is 5. The first-order valence-electron chi connectivity index (χ1n) is 9.93. The minimum atomic E-state index is -0.153. The van der Waals surface area contributed by atoms with Crippen molar-refractivity contribution in [2.24, 2.45) is 0 Å². The lowest BCUT2D eigenvalue weighted by molar-refractivity contribution is -0.119. The van der Waals surface area contributed by atoms with Gasteiger partial charge in [-0.1, -0.05) is 52.9 Å². The lowest BCUT2D eigenvalue weighted by Gasteiger charge is -2.36. The molecule has 0 fully saturated rings. The van der Waals surface area contributed by atoms with E-state index in [4.69, 9.17) is 11.6 Å². The maximum absolute atomic E-state index is 13.2. The van der Waals surface area contributed by atoms with E-state index in [1.807, 2.05) is 41.1 Å². The van der Waals surface area contributed by atoms with E-state index in [1.165, 1.54) is 11.3 Å². The number of amides is 1. The molecule has 1 amide bonds. The summed E-state index contributed by atoms with van der Waals surface area (Å²) in [6.45, 7) is 0. The van der Waals surface area contributed by atoms with E-state index in [-0.39, 0.29) is 24.0 Å². The van der Waals surface area contributed by atoms with Crippen LogP contribution in [0.5, 0.6) is 0 Å². The minimum Gasteiger partial charge on any atom is -0.294 e. The van der Waals surface area contributed by atoms with Crippen LogP contribution in [0.3, 0.4) is 0 Å². The first kappa shape index (κ1) is 20.9. The van der Waals surface area contributed by atoms with Gasteiger partial charge in [-0.3, -0.25) is 14.5 Å². The van der Waals surface area contributed by atoms with Crippen molar-refractivity contribution in [1.82, 2.24) is 10.2 Å². The van der Waals surface area contributed by atoms with Gasteiger partial charge in [0.2, 0.25) is 11.0 Å². The van der Waals surface area contributed by atoms with Gasteiger partial charge in [-0.15, -0.1) is 10.2 Å². The normalized spacial score (nSPS) is 19.1. The van der Waals surface area contributed by atoms with Gasteiger partial charge in [0.25, 0.3) is 0 Å². The van der Waals surface area contributed by atoms with Crippen LogP contribution in [0.2, 0.25) is 5.02 Å². The topological polar surface area (TPSA) is 63.2 Å². The molecule has 9 heteroatoms. The Labute approximate surface area is 197 Å². The van der Waals surface area contributed by atoms with Crippen LogP contribution in [0.4, 0.5) is 5.13 Å². The maximum atomic E-state index is 13.2. The third kappa shape index (κ3) is 4.09. The standard InChI is InChI=1S/C22H18ClN3O2S3/c23-16-5-2-1-4-14(16)12-30-22-25-24-21(31-22)26-17-6-3-7-18(27)20(17)15(10-19(26)28)13-8-9-29-11-13/h1-2,4-5,8-9,11,15H,3,6-7,10,12H2. The van der Waals surface area contributed by atoms with Gasteiger partial charge in [0.1, 0.15) is 0 Å². The van der Waals surface area contributed by atoms with Gasteiger partial charge in [0, 0.05) is 40.8 Å². The molecule has 5 rings (SSSR count). The van der Waals surface area contributed by atoms with Crippen molar-refractivity contribution < 1.29 is 9.59 Å². The molecule has 1 unspecified atom stereocenters. The molecule has 3 heterocycles. The van der Waals surface area contributed by atoms with Crippen molar-refractivity contribution in [2.45, 2.75) is 41.7 Å². The fourth-order valence-electron chi connectivity index (χ4n) is 4.08. The van der Waals surface area contributed by atoms with Gasteiger partial charge in [-0.05, 0) is 46.9 Å². The molecule has 2 aliphatic rings. The summed E-state index contributed by atoms with van der Waals surface area (Å²) in [5.74, 6) is 0.644. The van der Waals surface area contributed by atoms with Crippen molar-refractivity contribution in [3.8, 4) is 0 Å². The summed E-state index contributed by atoms with van der Waals surface area (Å²) in [5.41, 5.74) is 3.67. The highest BCUT2D eigenvalue weighted by Gasteiger charge is 2.41. The second kappa shape index (κ2) is 8.86. The molecule has 158 valence electrons. The predicted molar refractivity (Wildman–Crippen MR) is 126 cm³/mol. The minimum absolute atomic E-state index is 0.0246. The Balaban J connectivity index is 1.44. The molecule has 0 spiro atoms. The number of hydrogen-bond acceptors (Lipinski definition) is 7. The molecule has 0 saturated heterocycles. The number of anilines is 1. The number of ketones is 1. The molecule has 2 aromatic heterocycles. The Hall–Kier alpha value is -2.00. The summed E-state index contributed by atoms with van der Waals surface area (Å²) in [6, 6.07) is 9.73. The summed E-state index contributed by atoms with van der Waals surface area (Å²) < 4.78 is 0.770. The van der Waals surface area contributed by atoms with Crippen LogP contribution in [-0.2, 0) is 15.3 Å². The Morgan fingerprint density at radius 3 is 2.84 bits per heavy atom. The number of hydrogen-bond donors (Lipinski definition) is 0. The molecule has 0 bridgehead atoms. The second-order valence-corrected chi connectivity index (χ2v) is 10.8. The Morgan fingerprint density at radius 1 is 1.16 bits per heavy atom. The zero-order valence-corrected chi connectivity index (χ0v) is 19.6. The number of nitrogens with zero attached hydrogens (tertiary/aromatic N) is 3. The number of benzene rings is 1. The first-order chi connectivity index (χ1) is 15.1. The second-order valence-electron chi connectivity index (χ2n) is 7.41. The average molecular weight is 488 g/mol. The average Bonchev–Trinajstić information content (AvgIpc) is 3.45. The Morgan fingerprint density at radius 2 is 2.03 bits per heavy atom. The number of carbonyl (C=O) groups is 2. The number of allylic oxidation sites excluding steroid dienone is 2. The van der Waals surface area contributed by atoms with E-state index in [9.17, 15) is 9.59 Å². The first-order valence-corrected chi connectivity index (χ1v) is 13.0. The molecule has 1 aromatic carbocycles. The van der Waals surface area contributed by atoms with Crippen molar-refractivity contribution in [2.75, 3.05) is 4.90 Å². The van der Waals surface area contributed by atoms with E-state index in [0.717, 1.165) is 38.2 Å². The van der Waals surface area contributed by atoms with Crippen molar-refractivity contribution in [1.29, 1.82) is 0 Å². The van der Waals surface area contributed by atoms with Crippen LogP contribution in [-0.4, -0.2) is 21.9 Å². The van der Waals surface area contributed by atoms with Gasteiger partial charge < -0.3 is 0 Å². The fourth-order valence-corrected chi connectivity index (χ4v) is 6.96. The van der Waals surface area contributed by atoms with E-state index in [0.29, 0.717) is 23.7 Å². The summed E-state index contributed by atoms with van der Waals surface area (Å²) >= 11 is 10.8. The lowest BCUT2D eigenvalue weighted by atomic mass is 9.78. The van der Waals surface area contributed by atoms with Gasteiger partial charge in [-0.2, -0.15) is 11.3 Å². The lowest BCUT2D eigenvalue weighted by Crippen LogP contribution is -2.40. The highest BCUT2D eigenvalue weighted by molar-refractivity contribution is 8.00. The van der Waals surface area contributed by atoms with Crippen LogP contribution >= 0.6 is 46.0 Å². The Bertz CT molecular complexity index is 1170. The molecule has 1 aliphatic heterocycles. The smallest absolute Gasteiger partial charge is 0.234 e. The number of thioether (sulfide) groups is 1. The van der Waals surface area contributed by atoms with Crippen LogP contribution in [0.1, 0.15) is 42.7 Å². The molecule has 31 heavy (non-hydrogen) atoms. The number of carbonyl (C=O) groups excluding carboxylic acids is 2. The number of thiophene rings is 1. The van der Waals surface area contributed by atoms with Crippen LogP contribution < -0.4 is 4.90 Å². The van der Waals surface area contributed by atoms with Crippen LogP contribution in [0, 0.1) is 0 Å². The monoisotopic (exact) mass is 487 g/mol. The highest BCUT2D eigenvalue weighted by atomic mass is 35.5. The molecule has 0 saturated carbocycles. The Kier molecular flexibility index (Phi) is 5.97. The number of halogens is 1. The van der Waals surface area contributed by atoms with Gasteiger partial charge >= 0.3 is 0 Å². The van der Waals surface area contributed by atoms with Gasteiger partial charge in [-0.25, -0.2) is 0 Å². The summed E-state index contributed by atoms with van der Waals surface area (Å²) in [7, 11) is 0. The van der Waals surface area contributed by atoms with Crippen LogP contribution in [0.15, 0.2) is 56.7 Å². The maximum Gasteiger partial charge on any atom is 0.234 e.